The molecule has 56 valence electrons. The molecule has 2 rings (SSSR count). The zero-order valence-corrected chi connectivity index (χ0v) is 6.26. The molecule has 1 heterocycles. The third kappa shape index (κ3) is 0.746. The second-order valence-electron chi connectivity index (χ2n) is 3.69. The Bertz CT molecular complexity index is 167. The summed E-state index contributed by atoms with van der Waals surface area (Å²) in [4.78, 5) is 11.1. The lowest BCUT2D eigenvalue weighted by atomic mass is 10.0. The maximum absolute atomic E-state index is 11.1. The van der Waals surface area contributed by atoms with Crippen molar-refractivity contribution < 1.29 is 4.79 Å². The Morgan fingerprint density at radius 3 is 3.00 bits per heavy atom. The SMILES string of the molecule is C[C@H]1CC2CNC(=O)C2C1. The summed E-state index contributed by atoms with van der Waals surface area (Å²) in [5.74, 6) is 2.12. The quantitative estimate of drug-likeness (QED) is 0.528. The monoisotopic (exact) mass is 139 g/mol. The molecule has 2 unspecified atom stereocenters. The molecule has 3 atom stereocenters. The minimum atomic E-state index is 0.300. The molecule has 1 aliphatic carbocycles. The van der Waals surface area contributed by atoms with E-state index in [-0.39, 0.29) is 0 Å². The molecule has 0 aromatic carbocycles. The van der Waals surface area contributed by atoms with Crippen molar-refractivity contribution in [3.8, 4) is 0 Å². The van der Waals surface area contributed by atoms with Crippen LogP contribution >= 0.6 is 0 Å². The van der Waals surface area contributed by atoms with Crippen LogP contribution in [-0.2, 0) is 4.79 Å². The molecule has 2 aliphatic rings. The van der Waals surface area contributed by atoms with E-state index >= 15 is 0 Å². The summed E-state index contributed by atoms with van der Waals surface area (Å²) < 4.78 is 0. The van der Waals surface area contributed by atoms with Crippen molar-refractivity contribution in [3.63, 3.8) is 0 Å². The van der Waals surface area contributed by atoms with Crippen molar-refractivity contribution in [2.24, 2.45) is 17.8 Å². The Balaban J connectivity index is 2.12. The molecule has 0 bridgehead atoms. The number of nitrogens with one attached hydrogen (secondary N) is 1. The van der Waals surface area contributed by atoms with E-state index in [4.69, 9.17) is 0 Å². The molecule has 2 fully saturated rings. The number of amides is 1. The van der Waals surface area contributed by atoms with Gasteiger partial charge < -0.3 is 5.32 Å². The van der Waals surface area contributed by atoms with Gasteiger partial charge in [-0.1, -0.05) is 6.92 Å². The largest absolute Gasteiger partial charge is 0.356 e. The van der Waals surface area contributed by atoms with Gasteiger partial charge in [0, 0.05) is 12.5 Å². The van der Waals surface area contributed by atoms with Crippen molar-refractivity contribution >= 4 is 5.91 Å². The number of hydrogen-bond donors (Lipinski definition) is 1. The zero-order valence-electron chi connectivity index (χ0n) is 6.26. The third-order valence-corrected chi connectivity index (χ3v) is 2.81. The highest BCUT2D eigenvalue weighted by atomic mass is 16.2. The Morgan fingerprint density at radius 2 is 2.30 bits per heavy atom. The minimum Gasteiger partial charge on any atom is -0.356 e. The van der Waals surface area contributed by atoms with E-state index in [0.29, 0.717) is 17.7 Å². The predicted octanol–water partition coefficient (Wildman–Crippen LogP) is 0.778. The maximum Gasteiger partial charge on any atom is 0.223 e. The van der Waals surface area contributed by atoms with Crippen LogP contribution in [0.2, 0.25) is 0 Å². The predicted molar refractivity (Wildman–Crippen MR) is 38.4 cm³/mol. The van der Waals surface area contributed by atoms with Crippen LogP contribution in [0.5, 0.6) is 0 Å². The molecule has 0 aromatic rings. The van der Waals surface area contributed by atoms with Gasteiger partial charge in [0.25, 0.3) is 0 Å². The molecule has 0 radical (unpaired) electrons. The van der Waals surface area contributed by atoms with Crippen LogP contribution < -0.4 is 5.32 Å². The molecule has 1 saturated carbocycles. The van der Waals surface area contributed by atoms with Crippen LogP contribution in [0.4, 0.5) is 0 Å². The van der Waals surface area contributed by atoms with Gasteiger partial charge >= 0.3 is 0 Å². The summed E-state index contributed by atoms with van der Waals surface area (Å²) in [7, 11) is 0. The average molecular weight is 139 g/mol. The van der Waals surface area contributed by atoms with Crippen LogP contribution in [0.25, 0.3) is 0 Å². The number of carbonyl (C=O) groups excluding carboxylic acids is 1. The Kier molecular flexibility index (Phi) is 1.22. The van der Waals surface area contributed by atoms with Crippen LogP contribution in [0.1, 0.15) is 19.8 Å². The molecule has 0 aromatic heterocycles. The molecule has 2 nitrogen and oxygen atoms in total. The van der Waals surface area contributed by atoms with Gasteiger partial charge in [0.2, 0.25) is 5.91 Å². The van der Waals surface area contributed by atoms with Crippen molar-refractivity contribution in [2.45, 2.75) is 19.8 Å². The first-order valence-corrected chi connectivity index (χ1v) is 4.05. The maximum atomic E-state index is 11.1. The van der Waals surface area contributed by atoms with Gasteiger partial charge in [-0.3, -0.25) is 4.79 Å². The second kappa shape index (κ2) is 1.97. The van der Waals surface area contributed by atoms with Crippen LogP contribution in [0.15, 0.2) is 0 Å². The highest BCUT2D eigenvalue weighted by Crippen LogP contribution is 2.38. The van der Waals surface area contributed by atoms with Gasteiger partial charge in [-0.2, -0.15) is 0 Å². The summed E-state index contributed by atoms with van der Waals surface area (Å²) >= 11 is 0. The Morgan fingerprint density at radius 1 is 1.50 bits per heavy atom. The van der Waals surface area contributed by atoms with Crippen LogP contribution in [-0.4, -0.2) is 12.5 Å². The first-order valence-electron chi connectivity index (χ1n) is 4.05. The fourth-order valence-corrected chi connectivity index (χ4v) is 2.31. The highest BCUT2D eigenvalue weighted by Gasteiger charge is 2.40. The highest BCUT2D eigenvalue weighted by molar-refractivity contribution is 5.81. The molecule has 1 N–H and O–H groups in total. The topological polar surface area (TPSA) is 29.1 Å². The smallest absolute Gasteiger partial charge is 0.223 e. The summed E-state index contributed by atoms with van der Waals surface area (Å²) in [6.45, 7) is 3.18. The number of rotatable bonds is 0. The molecular weight excluding hydrogens is 126 g/mol. The standard InChI is InChI=1S/C8H13NO/c1-5-2-6-4-9-8(10)7(6)3-5/h5-7H,2-4H2,1H3,(H,9,10)/t5-,6?,7?/m0/s1. The second-order valence-corrected chi connectivity index (χ2v) is 3.69. The average Bonchev–Trinajstić information content (AvgIpc) is 2.35. The molecule has 0 spiro atoms. The zero-order chi connectivity index (χ0) is 7.14. The van der Waals surface area contributed by atoms with Crippen molar-refractivity contribution in [1.29, 1.82) is 0 Å². The molecule has 1 saturated heterocycles. The number of fused-ring (bicyclic) bond motifs is 1. The number of hydrogen-bond acceptors (Lipinski definition) is 1. The summed E-state index contributed by atoms with van der Waals surface area (Å²) in [6, 6.07) is 0. The van der Waals surface area contributed by atoms with Crippen molar-refractivity contribution in [2.75, 3.05) is 6.54 Å². The van der Waals surface area contributed by atoms with Gasteiger partial charge in [-0.25, -0.2) is 0 Å². The lowest BCUT2D eigenvalue weighted by Crippen LogP contribution is -2.19. The van der Waals surface area contributed by atoms with E-state index < -0.39 is 0 Å². The normalized spacial score (nSPS) is 45.3. The fraction of sp³-hybridized carbons (Fsp3) is 0.875. The summed E-state index contributed by atoms with van der Waals surface area (Å²) in [5.41, 5.74) is 0. The summed E-state index contributed by atoms with van der Waals surface area (Å²) in [5, 5.41) is 2.90. The van der Waals surface area contributed by atoms with E-state index in [9.17, 15) is 4.79 Å². The van der Waals surface area contributed by atoms with Crippen molar-refractivity contribution in [3.05, 3.63) is 0 Å². The Labute approximate surface area is 61.0 Å². The molecule has 1 amide bonds. The van der Waals surface area contributed by atoms with E-state index in [1.807, 2.05) is 0 Å². The molecular formula is C8H13NO. The fourth-order valence-electron chi connectivity index (χ4n) is 2.31. The minimum absolute atomic E-state index is 0.300. The third-order valence-electron chi connectivity index (χ3n) is 2.81. The molecule has 1 aliphatic heterocycles. The van der Waals surface area contributed by atoms with Gasteiger partial charge in [0.1, 0.15) is 0 Å². The van der Waals surface area contributed by atoms with Gasteiger partial charge in [0.05, 0.1) is 0 Å². The van der Waals surface area contributed by atoms with E-state index in [1.54, 1.807) is 0 Å². The summed E-state index contributed by atoms with van der Waals surface area (Å²) in [6.07, 6.45) is 2.37. The first kappa shape index (κ1) is 6.20. The van der Waals surface area contributed by atoms with E-state index in [2.05, 4.69) is 12.2 Å². The Hall–Kier alpha value is -0.530. The van der Waals surface area contributed by atoms with Gasteiger partial charge in [-0.15, -0.1) is 0 Å². The number of carbonyl (C=O) groups is 1. The van der Waals surface area contributed by atoms with Gasteiger partial charge in [-0.05, 0) is 24.7 Å². The lowest BCUT2D eigenvalue weighted by molar-refractivity contribution is -0.122. The van der Waals surface area contributed by atoms with E-state index in [0.717, 1.165) is 18.9 Å². The van der Waals surface area contributed by atoms with Crippen molar-refractivity contribution in [1.82, 2.24) is 5.32 Å². The van der Waals surface area contributed by atoms with Gasteiger partial charge in [0.15, 0.2) is 0 Å². The molecule has 10 heavy (non-hydrogen) atoms. The first-order chi connectivity index (χ1) is 4.77. The van der Waals surface area contributed by atoms with Crippen LogP contribution in [0, 0.1) is 17.8 Å². The van der Waals surface area contributed by atoms with E-state index in [1.165, 1.54) is 6.42 Å². The van der Waals surface area contributed by atoms with Crippen LogP contribution in [0.3, 0.4) is 0 Å². The lowest BCUT2D eigenvalue weighted by Gasteiger charge is -2.00. The molecule has 2 heteroatoms.